The predicted molar refractivity (Wildman–Crippen MR) is 79.8 cm³/mol. The maximum atomic E-state index is 12.5. The van der Waals surface area contributed by atoms with E-state index in [0.717, 1.165) is 24.8 Å². The van der Waals surface area contributed by atoms with E-state index in [1.165, 1.54) is 0 Å². The third kappa shape index (κ3) is 3.57. The van der Waals surface area contributed by atoms with Crippen LogP contribution in [0.5, 0.6) is 0 Å². The molecule has 1 rings (SSSR count). The van der Waals surface area contributed by atoms with Gasteiger partial charge in [0.1, 0.15) is 0 Å². The van der Waals surface area contributed by atoms with Crippen LogP contribution in [0.25, 0.3) is 0 Å². The van der Waals surface area contributed by atoms with Crippen molar-refractivity contribution in [1.82, 2.24) is 9.55 Å². The first kappa shape index (κ1) is 15.2. The molecule has 0 fully saturated rings. The van der Waals surface area contributed by atoms with Crippen LogP contribution in [0.3, 0.4) is 0 Å². The summed E-state index contributed by atoms with van der Waals surface area (Å²) >= 11 is 3.42. The van der Waals surface area contributed by atoms with Crippen molar-refractivity contribution >= 4 is 21.7 Å². The largest absolute Gasteiger partial charge is 0.351 e. The fraction of sp³-hybridized carbons (Fsp3) is 0.692. The van der Waals surface area contributed by atoms with E-state index in [9.17, 15) is 4.79 Å². The minimum absolute atomic E-state index is 0.0144. The number of aromatic nitrogens is 2. The molecule has 0 amide bonds. The molecular weight excluding hydrogens is 294 g/mol. The van der Waals surface area contributed by atoms with Crippen molar-refractivity contribution < 1.29 is 0 Å². The van der Waals surface area contributed by atoms with Crippen LogP contribution < -0.4 is 10.5 Å². The predicted octanol–water partition coefficient (Wildman–Crippen LogP) is 2.61. The Morgan fingerprint density at radius 1 is 1.39 bits per heavy atom. The molecule has 102 valence electrons. The molecule has 0 aromatic carbocycles. The van der Waals surface area contributed by atoms with Gasteiger partial charge in [-0.15, -0.1) is 0 Å². The number of alkyl halides is 1. The van der Waals surface area contributed by atoms with E-state index in [1.807, 2.05) is 25.7 Å². The van der Waals surface area contributed by atoms with Crippen LogP contribution in [0.2, 0.25) is 0 Å². The van der Waals surface area contributed by atoms with Crippen molar-refractivity contribution in [2.24, 2.45) is 0 Å². The Kier molecular flexibility index (Phi) is 5.38. The zero-order chi connectivity index (χ0) is 13.8. The molecule has 0 bridgehead atoms. The number of anilines is 1. The Balaban J connectivity index is 3.20. The molecule has 0 saturated heterocycles. The normalized spacial score (nSPS) is 11.6. The molecule has 1 aromatic rings. The highest BCUT2D eigenvalue weighted by molar-refractivity contribution is 9.09. The lowest BCUT2D eigenvalue weighted by molar-refractivity contribution is 0.382. The molecule has 0 aliphatic rings. The second-order valence-electron chi connectivity index (χ2n) is 5.27. The summed E-state index contributed by atoms with van der Waals surface area (Å²) in [7, 11) is 0. The average molecular weight is 316 g/mol. The van der Waals surface area contributed by atoms with E-state index in [0.29, 0.717) is 5.82 Å². The summed E-state index contributed by atoms with van der Waals surface area (Å²) in [6, 6.07) is 0. The van der Waals surface area contributed by atoms with Gasteiger partial charge in [-0.2, -0.15) is 0 Å². The van der Waals surface area contributed by atoms with Crippen LogP contribution in [0.4, 0.5) is 5.82 Å². The molecule has 0 radical (unpaired) electrons. The third-order valence-corrected chi connectivity index (χ3v) is 3.05. The summed E-state index contributed by atoms with van der Waals surface area (Å²) in [5, 5.41) is 0.832. The van der Waals surface area contributed by atoms with Gasteiger partial charge in [0.15, 0.2) is 5.82 Å². The van der Waals surface area contributed by atoms with Gasteiger partial charge in [-0.3, -0.25) is 4.79 Å². The monoisotopic (exact) mass is 315 g/mol. The van der Waals surface area contributed by atoms with Crippen LogP contribution in [0.1, 0.15) is 34.1 Å². The topological polar surface area (TPSA) is 38.1 Å². The van der Waals surface area contributed by atoms with Crippen LogP contribution in [0.15, 0.2) is 17.2 Å². The maximum Gasteiger partial charge on any atom is 0.293 e. The van der Waals surface area contributed by atoms with Crippen LogP contribution in [0, 0.1) is 0 Å². The minimum Gasteiger partial charge on any atom is -0.351 e. The summed E-state index contributed by atoms with van der Waals surface area (Å²) < 4.78 is 1.74. The first-order chi connectivity index (χ1) is 8.41. The molecule has 0 atom stereocenters. The Morgan fingerprint density at radius 3 is 2.56 bits per heavy atom. The fourth-order valence-corrected chi connectivity index (χ4v) is 2.27. The van der Waals surface area contributed by atoms with Crippen molar-refractivity contribution in [1.29, 1.82) is 0 Å². The van der Waals surface area contributed by atoms with E-state index in [2.05, 4.69) is 27.8 Å². The Labute approximate surface area is 117 Å². The Bertz CT molecular complexity index is 431. The quantitative estimate of drug-likeness (QED) is 0.784. The number of rotatable bonds is 5. The van der Waals surface area contributed by atoms with Gasteiger partial charge in [0.2, 0.25) is 0 Å². The average Bonchev–Trinajstić information content (AvgIpc) is 2.27. The molecule has 0 spiro atoms. The van der Waals surface area contributed by atoms with E-state index in [1.54, 1.807) is 17.0 Å². The highest BCUT2D eigenvalue weighted by Gasteiger charge is 2.19. The van der Waals surface area contributed by atoms with Gasteiger partial charge in [0, 0.05) is 36.4 Å². The maximum absolute atomic E-state index is 12.5. The lowest BCUT2D eigenvalue weighted by Crippen LogP contribution is -2.39. The summed E-state index contributed by atoms with van der Waals surface area (Å²) in [6.45, 7) is 9.81. The molecule has 0 aliphatic heterocycles. The highest BCUT2D eigenvalue weighted by Crippen LogP contribution is 2.12. The first-order valence-corrected chi connectivity index (χ1v) is 7.43. The molecule has 0 unspecified atom stereocenters. The lowest BCUT2D eigenvalue weighted by atomic mass is 10.1. The summed E-state index contributed by atoms with van der Waals surface area (Å²) in [5.41, 5.74) is -0.236. The molecule has 1 heterocycles. The van der Waals surface area contributed by atoms with Gasteiger partial charge < -0.3 is 9.47 Å². The number of hydrogen-bond donors (Lipinski definition) is 0. The second-order valence-corrected chi connectivity index (χ2v) is 6.07. The van der Waals surface area contributed by atoms with Gasteiger partial charge in [-0.1, -0.05) is 22.9 Å². The number of halogens is 1. The molecule has 1 aromatic heterocycles. The summed E-state index contributed by atoms with van der Waals surface area (Å²) in [4.78, 5) is 18.8. The fourth-order valence-electron chi connectivity index (χ4n) is 1.84. The van der Waals surface area contributed by atoms with E-state index >= 15 is 0 Å². The van der Waals surface area contributed by atoms with Gasteiger partial charge in [0.05, 0.1) is 0 Å². The molecular formula is C13H22BrN3O. The molecule has 0 aliphatic carbocycles. The standard InChI is InChI=1S/C13H22BrN3O/c1-5-8-16(9-6-14)11-12(18)17(10-7-15-11)13(2,3)4/h7,10H,5-6,8-9H2,1-4H3. The SMILES string of the molecule is CCCN(CCBr)c1nccn(C(C)(C)C)c1=O. The van der Waals surface area contributed by atoms with Gasteiger partial charge in [-0.05, 0) is 27.2 Å². The van der Waals surface area contributed by atoms with E-state index < -0.39 is 0 Å². The summed E-state index contributed by atoms with van der Waals surface area (Å²) in [5.74, 6) is 0.550. The van der Waals surface area contributed by atoms with Gasteiger partial charge >= 0.3 is 0 Å². The van der Waals surface area contributed by atoms with E-state index in [-0.39, 0.29) is 11.1 Å². The number of hydrogen-bond acceptors (Lipinski definition) is 3. The van der Waals surface area contributed by atoms with Crippen LogP contribution >= 0.6 is 15.9 Å². The van der Waals surface area contributed by atoms with Gasteiger partial charge in [-0.25, -0.2) is 4.98 Å². The van der Waals surface area contributed by atoms with E-state index in [4.69, 9.17) is 0 Å². The second kappa shape index (κ2) is 6.36. The lowest BCUT2D eigenvalue weighted by Gasteiger charge is -2.26. The molecule has 5 heteroatoms. The Morgan fingerprint density at radius 2 is 2.06 bits per heavy atom. The molecule has 4 nitrogen and oxygen atoms in total. The smallest absolute Gasteiger partial charge is 0.293 e. The molecule has 0 N–H and O–H groups in total. The molecule has 0 saturated carbocycles. The Hall–Kier alpha value is -0.840. The first-order valence-electron chi connectivity index (χ1n) is 6.31. The summed E-state index contributed by atoms with van der Waals surface area (Å²) in [6.07, 6.45) is 4.46. The van der Waals surface area contributed by atoms with Crippen LogP contribution in [-0.2, 0) is 5.54 Å². The molecule has 18 heavy (non-hydrogen) atoms. The zero-order valence-corrected chi connectivity index (χ0v) is 13.2. The highest BCUT2D eigenvalue weighted by atomic mass is 79.9. The zero-order valence-electron chi connectivity index (χ0n) is 11.6. The van der Waals surface area contributed by atoms with Gasteiger partial charge in [0.25, 0.3) is 5.56 Å². The minimum atomic E-state index is -0.221. The van der Waals surface area contributed by atoms with Crippen molar-refractivity contribution in [2.45, 2.75) is 39.7 Å². The van der Waals surface area contributed by atoms with Crippen molar-refractivity contribution in [2.75, 3.05) is 23.3 Å². The van der Waals surface area contributed by atoms with Crippen LogP contribution in [-0.4, -0.2) is 28.0 Å². The van der Waals surface area contributed by atoms with Crippen molar-refractivity contribution in [3.63, 3.8) is 0 Å². The third-order valence-electron chi connectivity index (χ3n) is 2.69. The van der Waals surface area contributed by atoms with Crippen molar-refractivity contribution in [3.8, 4) is 0 Å². The number of nitrogens with zero attached hydrogens (tertiary/aromatic N) is 3. The van der Waals surface area contributed by atoms with Crippen molar-refractivity contribution in [3.05, 3.63) is 22.7 Å².